The molecule has 1 N–H and O–H groups in total. The molecule has 6 heteroatoms. The molecule has 0 aromatic carbocycles. The van der Waals surface area contributed by atoms with E-state index in [4.69, 9.17) is 9.73 Å². The van der Waals surface area contributed by atoms with Crippen LogP contribution in [0.15, 0.2) is 4.99 Å². The van der Waals surface area contributed by atoms with E-state index in [0.29, 0.717) is 5.92 Å². The highest BCUT2D eigenvalue weighted by molar-refractivity contribution is 14.0. The first-order valence-electron chi connectivity index (χ1n) is 8.51. The van der Waals surface area contributed by atoms with Crippen LogP contribution in [0.5, 0.6) is 0 Å². The first-order chi connectivity index (χ1) is 10.3. The largest absolute Gasteiger partial charge is 0.384 e. The number of nitrogens with zero attached hydrogens (tertiary/aromatic N) is 3. The summed E-state index contributed by atoms with van der Waals surface area (Å²) in [5, 5.41) is 3.46. The van der Waals surface area contributed by atoms with Crippen LogP contribution < -0.4 is 5.32 Å². The lowest BCUT2D eigenvalue weighted by molar-refractivity contribution is 0.157. The van der Waals surface area contributed by atoms with Gasteiger partial charge in [-0.25, -0.2) is 0 Å². The minimum Gasteiger partial charge on any atom is -0.384 e. The Kier molecular flexibility index (Phi) is 9.66. The van der Waals surface area contributed by atoms with Crippen molar-refractivity contribution in [1.82, 2.24) is 15.1 Å². The highest BCUT2D eigenvalue weighted by Crippen LogP contribution is 2.18. The van der Waals surface area contributed by atoms with Crippen LogP contribution in [0.4, 0.5) is 0 Å². The number of hydrogen-bond acceptors (Lipinski definition) is 3. The lowest BCUT2D eigenvalue weighted by atomic mass is 10.1. The maximum Gasteiger partial charge on any atom is 0.193 e. The van der Waals surface area contributed by atoms with Crippen molar-refractivity contribution in [1.29, 1.82) is 0 Å². The van der Waals surface area contributed by atoms with E-state index in [1.54, 1.807) is 7.11 Å². The van der Waals surface area contributed by atoms with Crippen molar-refractivity contribution < 1.29 is 4.74 Å². The molecule has 22 heavy (non-hydrogen) atoms. The number of guanidine groups is 1. The van der Waals surface area contributed by atoms with Gasteiger partial charge in [0, 0.05) is 45.8 Å². The third-order valence-electron chi connectivity index (χ3n) is 4.64. The molecule has 2 aliphatic heterocycles. The normalized spacial score (nSPS) is 26.3. The molecule has 0 amide bonds. The zero-order valence-corrected chi connectivity index (χ0v) is 16.7. The lowest BCUT2D eigenvalue weighted by Gasteiger charge is -2.22. The summed E-state index contributed by atoms with van der Waals surface area (Å²) in [6, 6.07) is 0. The third kappa shape index (κ3) is 5.85. The van der Waals surface area contributed by atoms with Crippen LogP contribution in [-0.4, -0.2) is 75.3 Å². The smallest absolute Gasteiger partial charge is 0.193 e. The molecule has 2 fully saturated rings. The minimum atomic E-state index is 0. The predicted octanol–water partition coefficient (Wildman–Crippen LogP) is 1.88. The van der Waals surface area contributed by atoms with Crippen molar-refractivity contribution in [2.75, 3.05) is 59.5 Å². The summed E-state index contributed by atoms with van der Waals surface area (Å²) in [5.41, 5.74) is 0. The molecule has 0 aliphatic carbocycles. The zero-order chi connectivity index (χ0) is 15.1. The molecule has 2 heterocycles. The average Bonchev–Trinajstić information content (AvgIpc) is 3.13. The number of halogens is 1. The number of hydrogen-bond donors (Lipinski definition) is 1. The van der Waals surface area contributed by atoms with E-state index in [2.05, 4.69) is 29.0 Å². The molecule has 0 saturated carbocycles. The molecule has 0 bridgehead atoms. The van der Waals surface area contributed by atoms with Crippen LogP contribution in [0.3, 0.4) is 0 Å². The molecule has 2 saturated heterocycles. The van der Waals surface area contributed by atoms with Crippen LogP contribution in [0.1, 0.15) is 26.7 Å². The van der Waals surface area contributed by atoms with Gasteiger partial charge in [0.15, 0.2) is 5.96 Å². The lowest BCUT2D eigenvalue weighted by Crippen LogP contribution is -2.40. The predicted molar refractivity (Wildman–Crippen MR) is 103 cm³/mol. The molecule has 2 rings (SSSR count). The molecule has 0 aromatic heterocycles. The van der Waals surface area contributed by atoms with Crippen molar-refractivity contribution in [3.8, 4) is 0 Å². The number of likely N-dealkylation sites (tertiary alicyclic amines) is 2. The molecular formula is C16H33IN4O. The second kappa shape index (κ2) is 10.6. The maximum absolute atomic E-state index is 5.29. The molecule has 2 unspecified atom stereocenters. The minimum absolute atomic E-state index is 0. The van der Waals surface area contributed by atoms with Gasteiger partial charge < -0.3 is 19.9 Å². The van der Waals surface area contributed by atoms with E-state index >= 15 is 0 Å². The van der Waals surface area contributed by atoms with Gasteiger partial charge in [0.2, 0.25) is 0 Å². The van der Waals surface area contributed by atoms with E-state index in [1.165, 1.54) is 32.5 Å². The average molecular weight is 424 g/mol. The number of rotatable bonds is 6. The van der Waals surface area contributed by atoms with Crippen molar-refractivity contribution in [2.24, 2.45) is 16.8 Å². The topological polar surface area (TPSA) is 40.1 Å². The van der Waals surface area contributed by atoms with Gasteiger partial charge in [-0.15, -0.1) is 24.0 Å². The van der Waals surface area contributed by atoms with Crippen molar-refractivity contribution in [3.05, 3.63) is 0 Å². The fourth-order valence-electron chi connectivity index (χ4n) is 3.39. The molecule has 2 aliphatic rings. The monoisotopic (exact) mass is 424 g/mol. The Morgan fingerprint density at radius 3 is 2.59 bits per heavy atom. The Balaban J connectivity index is 0.00000242. The van der Waals surface area contributed by atoms with E-state index < -0.39 is 0 Å². The highest BCUT2D eigenvalue weighted by atomic mass is 127. The summed E-state index contributed by atoms with van der Waals surface area (Å²) in [5.74, 6) is 2.49. The van der Waals surface area contributed by atoms with Gasteiger partial charge in [-0.1, -0.05) is 6.92 Å². The van der Waals surface area contributed by atoms with Gasteiger partial charge in [-0.05, 0) is 38.8 Å². The highest BCUT2D eigenvalue weighted by Gasteiger charge is 2.25. The van der Waals surface area contributed by atoms with Gasteiger partial charge in [-0.2, -0.15) is 0 Å². The SMILES string of the molecule is CCNC(=NCC1CCN(CC)C1)N1CCC(COC)C1.I. The third-order valence-corrected chi connectivity index (χ3v) is 4.64. The molecule has 130 valence electrons. The van der Waals surface area contributed by atoms with Gasteiger partial charge in [0.25, 0.3) is 0 Å². The van der Waals surface area contributed by atoms with Crippen molar-refractivity contribution >= 4 is 29.9 Å². The second-order valence-electron chi connectivity index (χ2n) is 6.30. The van der Waals surface area contributed by atoms with Gasteiger partial charge >= 0.3 is 0 Å². The van der Waals surface area contributed by atoms with E-state index in [9.17, 15) is 0 Å². The van der Waals surface area contributed by atoms with Crippen molar-refractivity contribution in [3.63, 3.8) is 0 Å². The summed E-state index contributed by atoms with van der Waals surface area (Å²) in [6.07, 6.45) is 2.51. The molecular weight excluding hydrogens is 391 g/mol. The van der Waals surface area contributed by atoms with Crippen molar-refractivity contribution in [2.45, 2.75) is 26.7 Å². The molecule has 2 atom stereocenters. The number of ether oxygens (including phenoxy) is 1. The number of nitrogens with one attached hydrogen (secondary N) is 1. The summed E-state index contributed by atoms with van der Waals surface area (Å²) in [7, 11) is 1.79. The Morgan fingerprint density at radius 1 is 1.18 bits per heavy atom. The second-order valence-corrected chi connectivity index (χ2v) is 6.30. The zero-order valence-electron chi connectivity index (χ0n) is 14.4. The molecule has 0 aromatic rings. The molecule has 0 radical (unpaired) electrons. The Hall–Kier alpha value is -0.0800. The van der Waals surface area contributed by atoms with E-state index in [0.717, 1.165) is 44.7 Å². The van der Waals surface area contributed by atoms with Gasteiger partial charge in [-0.3, -0.25) is 4.99 Å². The summed E-state index contributed by atoms with van der Waals surface area (Å²) >= 11 is 0. The molecule has 0 spiro atoms. The van der Waals surface area contributed by atoms with Crippen LogP contribution in [0.25, 0.3) is 0 Å². The number of aliphatic imine (C=N–C) groups is 1. The number of methoxy groups -OCH3 is 1. The first kappa shape index (κ1) is 20.0. The van der Waals surface area contributed by atoms with Gasteiger partial charge in [0.1, 0.15) is 0 Å². The summed E-state index contributed by atoms with van der Waals surface area (Å²) in [4.78, 5) is 9.83. The summed E-state index contributed by atoms with van der Waals surface area (Å²) in [6.45, 7) is 13.0. The maximum atomic E-state index is 5.29. The Morgan fingerprint density at radius 2 is 1.95 bits per heavy atom. The first-order valence-corrected chi connectivity index (χ1v) is 8.51. The van der Waals surface area contributed by atoms with E-state index in [-0.39, 0.29) is 24.0 Å². The Labute approximate surface area is 152 Å². The van der Waals surface area contributed by atoms with Gasteiger partial charge in [0.05, 0.1) is 6.61 Å². The fraction of sp³-hybridized carbons (Fsp3) is 0.938. The summed E-state index contributed by atoms with van der Waals surface area (Å²) < 4.78 is 5.29. The van der Waals surface area contributed by atoms with E-state index in [1.807, 2.05) is 0 Å². The fourth-order valence-corrected chi connectivity index (χ4v) is 3.39. The van der Waals surface area contributed by atoms with Crippen LogP contribution in [-0.2, 0) is 4.74 Å². The van der Waals surface area contributed by atoms with Crippen LogP contribution in [0.2, 0.25) is 0 Å². The quantitative estimate of drug-likeness (QED) is 0.402. The standard InChI is InChI=1S/C16H32N4O.HI/c1-4-17-16(20-9-7-15(12-20)13-21-3)18-10-14-6-8-19(5-2)11-14;/h14-15H,4-13H2,1-3H3,(H,17,18);1H. The Bertz CT molecular complexity index is 340. The molecule has 5 nitrogen and oxygen atoms in total. The van der Waals surface area contributed by atoms with Crippen LogP contribution in [0, 0.1) is 11.8 Å². The van der Waals surface area contributed by atoms with Crippen LogP contribution >= 0.6 is 24.0 Å².